The number of benzene rings is 1. The molecule has 0 fully saturated rings. The first-order chi connectivity index (χ1) is 11.0. The highest BCUT2D eigenvalue weighted by molar-refractivity contribution is 5.96. The third-order valence-electron chi connectivity index (χ3n) is 3.92. The number of fused-ring (bicyclic) bond motifs is 1. The molecule has 1 atom stereocenters. The van der Waals surface area contributed by atoms with Gasteiger partial charge in [-0.25, -0.2) is 4.98 Å². The molecule has 0 unspecified atom stereocenters. The fourth-order valence-corrected chi connectivity index (χ4v) is 2.69. The van der Waals surface area contributed by atoms with Gasteiger partial charge in [-0.2, -0.15) is 0 Å². The summed E-state index contributed by atoms with van der Waals surface area (Å²) in [5, 5.41) is 6.88. The summed E-state index contributed by atoms with van der Waals surface area (Å²) in [6, 6.07) is 7.60. The highest BCUT2D eigenvalue weighted by Gasteiger charge is 2.25. The van der Waals surface area contributed by atoms with Crippen LogP contribution in [0, 0.1) is 19.8 Å². The first-order valence-corrected chi connectivity index (χ1v) is 7.65. The summed E-state index contributed by atoms with van der Waals surface area (Å²) in [5.41, 5.74) is 2.93. The van der Waals surface area contributed by atoms with Crippen LogP contribution in [0.4, 0.5) is 0 Å². The highest BCUT2D eigenvalue weighted by atomic mass is 16.5. The molecule has 0 saturated heterocycles. The Bertz CT molecular complexity index is 795. The summed E-state index contributed by atoms with van der Waals surface area (Å²) in [7, 11) is 0. The van der Waals surface area contributed by atoms with E-state index in [4.69, 9.17) is 4.52 Å². The van der Waals surface area contributed by atoms with E-state index in [-0.39, 0.29) is 17.9 Å². The number of nitrogens with zero attached hydrogens (tertiary/aromatic N) is 2. The number of aryl methyl sites for hydroxylation is 2. The van der Waals surface area contributed by atoms with Crippen molar-refractivity contribution >= 4 is 16.9 Å². The van der Waals surface area contributed by atoms with Crippen molar-refractivity contribution in [2.75, 3.05) is 0 Å². The van der Waals surface area contributed by atoms with Crippen molar-refractivity contribution in [1.29, 1.82) is 0 Å². The van der Waals surface area contributed by atoms with Gasteiger partial charge in [-0.3, -0.25) is 4.79 Å². The van der Waals surface area contributed by atoms with Gasteiger partial charge in [-0.05, 0) is 31.9 Å². The van der Waals surface area contributed by atoms with Crippen molar-refractivity contribution in [1.82, 2.24) is 20.4 Å². The van der Waals surface area contributed by atoms with E-state index in [1.54, 1.807) is 13.8 Å². The Balaban J connectivity index is 1.92. The zero-order chi connectivity index (χ0) is 16.6. The van der Waals surface area contributed by atoms with Gasteiger partial charge in [-0.1, -0.05) is 31.1 Å². The number of imidazole rings is 1. The predicted molar refractivity (Wildman–Crippen MR) is 87.1 cm³/mol. The topological polar surface area (TPSA) is 83.8 Å². The maximum Gasteiger partial charge on any atom is 0.257 e. The van der Waals surface area contributed by atoms with Crippen molar-refractivity contribution in [2.45, 2.75) is 33.7 Å². The maximum atomic E-state index is 12.6. The predicted octanol–water partition coefficient (Wildman–Crippen LogP) is 3.29. The Hall–Kier alpha value is -2.63. The number of hydrogen-bond donors (Lipinski definition) is 2. The number of aromatic nitrogens is 3. The van der Waals surface area contributed by atoms with Crippen molar-refractivity contribution in [3.63, 3.8) is 0 Å². The van der Waals surface area contributed by atoms with Crippen LogP contribution in [-0.2, 0) is 0 Å². The van der Waals surface area contributed by atoms with Crippen LogP contribution in [0.1, 0.15) is 47.5 Å². The average Bonchev–Trinajstić information content (AvgIpc) is 3.07. The lowest BCUT2D eigenvalue weighted by Crippen LogP contribution is -2.33. The quantitative estimate of drug-likeness (QED) is 0.774. The van der Waals surface area contributed by atoms with Gasteiger partial charge in [0.2, 0.25) is 0 Å². The van der Waals surface area contributed by atoms with E-state index in [0.29, 0.717) is 17.0 Å². The average molecular weight is 312 g/mol. The lowest BCUT2D eigenvalue weighted by Gasteiger charge is -2.20. The van der Waals surface area contributed by atoms with Crippen LogP contribution < -0.4 is 5.32 Å². The van der Waals surface area contributed by atoms with Gasteiger partial charge in [0.05, 0.1) is 22.8 Å². The number of rotatable bonds is 4. The summed E-state index contributed by atoms with van der Waals surface area (Å²) in [6.45, 7) is 7.59. The number of nitrogens with one attached hydrogen (secondary N) is 2. The molecule has 2 aromatic heterocycles. The standard InChI is InChI=1S/C17H20N4O2/c1-9(2)15(16-18-12-7-5-6-8-13(12)19-16)20-17(22)14-10(3)21-23-11(14)4/h5-9,15H,1-4H3,(H,18,19)(H,20,22)/t15-/m0/s1. The van der Waals surface area contributed by atoms with E-state index in [1.807, 2.05) is 38.1 Å². The number of carbonyl (C=O) groups is 1. The molecule has 1 amide bonds. The molecule has 3 aromatic rings. The highest BCUT2D eigenvalue weighted by Crippen LogP contribution is 2.23. The third kappa shape index (κ3) is 2.84. The zero-order valence-corrected chi connectivity index (χ0v) is 13.7. The van der Waals surface area contributed by atoms with Crippen LogP contribution >= 0.6 is 0 Å². The van der Waals surface area contributed by atoms with Crippen LogP contribution in [0.15, 0.2) is 28.8 Å². The van der Waals surface area contributed by atoms with Gasteiger partial charge in [0.25, 0.3) is 5.91 Å². The molecule has 120 valence electrons. The van der Waals surface area contributed by atoms with Crippen LogP contribution in [0.3, 0.4) is 0 Å². The molecular formula is C17H20N4O2. The minimum atomic E-state index is -0.219. The van der Waals surface area contributed by atoms with Crippen LogP contribution in [-0.4, -0.2) is 21.0 Å². The number of para-hydroxylation sites is 2. The number of H-pyrrole nitrogens is 1. The molecule has 0 spiro atoms. The minimum absolute atomic E-state index is 0.181. The first kappa shape index (κ1) is 15.3. The summed E-state index contributed by atoms with van der Waals surface area (Å²) in [6.07, 6.45) is 0. The normalized spacial score (nSPS) is 12.7. The number of carbonyl (C=O) groups excluding carboxylic acids is 1. The van der Waals surface area contributed by atoms with Crippen LogP contribution in [0.2, 0.25) is 0 Å². The Morgan fingerprint density at radius 1 is 1.26 bits per heavy atom. The zero-order valence-electron chi connectivity index (χ0n) is 13.7. The van der Waals surface area contributed by atoms with Crippen molar-refractivity contribution in [3.05, 3.63) is 47.1 Å². The van der Waals surface area contributed by atoms with Gasteiger partial charge in [-0.15, -0.1) is 0 Å². The number of hydrogen-bond acceptors (Lipinski definition) is 4. The second-order valence-electron chi connectivity index (χ2n) is 6.03. The van der Waals surface area contributed by atoms with E-state index in [2.05, 4.69) is 20.4 Å². The lowest BCUT2D eigenvalue weighted by molar-refractivity contribution is 0.0921. The monoisotopic (exact) mass is 312 g/mol. The van der Waals surface area contributed by atoms with Crippen molar-refractivity contribution < 1.29 is 9.32 Å². The maximum absolute atomic E-state index is 12.6. The molecule has 1 aromatic carbocycles. The van der Waals surface area contributed by atoms with Crippen LogP contribution in [0.25, 0.3) is 11.0 Å². The molecule has 2 N–H and O–H groups in total. The second kappa shape index (κ2) is 5.87. The summed E-state index contributed by atoms with van der Waals surface area (Å²) in [4.78, 5) is 20.5. The Morgan fingerprint density at radius 2 is 2.00 bits per heavy atom. The van der Waals surface area contributed by atoms with Crippen LogP contribution in [0.5, 0.6) is 0 Å². The SMILES string of the molecule is Cc1noc(C)c1C(=O)N[C@H](c1nc2ccccc2[nH]1)C(C)C. The molecule has 0 aliphatic heterocycles. The van der Waals surface area contributed by atoms with E-state index < -0.39 is 0 Å². The summed E-state index contributed by atoms with van der Waals surface area (Å²) >= 11 is 0. The Labute approximate surface area is 134 Å². The molecule has 23 heavy (non-hydrogen) atoms. The molecular weight excluding hydrogens is 292 g/mol. The number of amides is 1. The van der Waals surface area contributed by atoms with E-state index in [1.165, 1.54) is 0 Å². The van der Waals surface area contributed by atoms with Crippen molar-refractivity contribution in [2.24, 2.45) is 5.92 Å². The molecule has 6 heteroatoms. The van der Waals surface area contributed by atoms with Gasteiger partial charge in [0.15, 0.2) is 0 Å². The Morgan fingerprint density at radius 3 is 2.61 bits per heavy atom. The molecule has 0 saturated carbocycles. The van der Waals surface area contributed by atoms with Gasteiger partial charge in [0.1, 0.15) is 17.1 Å². The van der Waals surface area contributed by atoms with Gasteiger partial charge < -0.3 is 14.8 Å². The van der Waals surface area contributed by atoms with Gasteiger partial charge in [0, 0.05) is 0 Å². The molecule has 2 heterocycles. The molecule has 0 bridgehead atoms. The largest absolute Gasteiger partial charge is 0.361 e. The summed E-state index contributed by atoms with van der Waals surface area (Å²) < 4.78 is 5.08. The molecule has 6 nitrogen and oxygen atoms in total. The number of aromatic amines is 1. The fraction of sp³-hybridized carbons (Fsp3) is 0.353. The van der Waals surface area contributed by atoms with Gasteiger partial charge >= 0.3 is 0 Å². The van der Waals surface area contributed by atoms with Crippen molar-refractivity contribution in [3.8, 4) is 0 Å². The lowest BCUT2D eigenvalue weighted by atomic mass is 10.0. The smallest absolute Gasteiger partial charge is 0.257 e. The first-order valence-electron chi connectivity index (χ1n) is 7.65. The van der Waals surface area contributed by atoms with E-state index >= 15 is 0 Å². The second-order valence-corrected chi connectivity index (χ2v) is 6.03. The van der Waals surface area contributed by atoms with E-state index in [9.17, 15) is 4.79 Å². The molecule has 0 aliphatic rings. The summed E-state index contributed by atoms with van der Waals surface area (Å²) in [5.74, 6) is 1.26. The Kier molecular flexibility index (Phi) is 3.90. The fourth-order valence-electron chi connectivity index (χ4n) is 2.69. The molecule has 3 rings (SSSR count). The minimum Gasteiger partial charge on any atom is -0.361 e. The molecule has 0 radical (unpaired) electrons. The van der Waals surface area contributed by atoms with E-state index in [0.717, 1.165) is 16.9 Å². The molecule has 0 aliphatic carbocycles. The third-order valence-corrected chi connectivity index (χ3v) is 3.92.